The normalized spacial score (nSPS) is 16.5. The van der Waals surface area contributed by atoms with Gasteiger partial charge in [0.2, 0.25) is 0 Å². The molecule has 1 unspecified atom stereocenters. The second-order valence-corrected chi connectivity index (χ2v) is 7.15. The van der Waals surface area contributed by atoms with E-state index in [0.717, 1.165) is 22.0 Å². The molecular formula is C20H19N3O2S. The third-order valence-electron chi connectivity index (χ3n) is 4.53. The summed E-state index contributed by atoms with van der Waals surface area (Å²) in [5, 5.41) is 10.3. The molecule has 132 valence electrons. The average Bonchev–Trinajstić information content (AvgIpc) is 3.28. The van der Waals surface area contributed by atoms with Crippen LogP contribution in [0.15, 0.2) is 59.2 Å². The number of thiophene rings is 1. The van der Waals surface area contributed by atoms with Crippen LogP contribution in [0, 0.1) is 6.92 Å². The maximum Gasteiger partial charge on any atom is 0.254 e. The molecule has 0 bridgehead atoms. The fourth-order valence-electron chi connectivity index (χ4n) is 3.25. The highest BCUT2D eigenvalue weighted by atomic mass is 32.1. The van der Waals surface area contributed by atoms with E-state index in [0.29, 0.717) is 12.0 Å². The van der Waals surface area contributed by atoms with Crippen molar-refractivity contribution in [1.82, 2.24) is 9.88 Å². The number of carbonyl (C=O) groups excluding carboxylic acids is 1. The quantitative estimate of drug-likeness (QED) is 0.560. The van der Waals surface area contributed by atoms with Gasteiger partial charge in [-0.1, -0.05) is 35.0 Å². The van der Waals surface area contributed by atoms with Gasteiger partial charge < -0.3 is 14.7 Å². The zero-order chi connectivity index (χ0) is 18.1. The van der Waals surface area contributed by atoms with Gasteiger partial charge in [0.25, 0.3) is 5.91 Å². The van der Waals surface area contributed by atoms with Crippen LogP contribution in [0.5, 0.6) is 0 Å². The van der Waals surface area contributed by atoms with Gasteiger partial charge >= 0.3 is 0 Å². The number of benzene rings is 1. The lowest BCUT2D eigenvalue weighted by Gasteiger charge is -2.18. The van der Waals surface area contributed by atoms with Gasteiger partial charge in [0, 0.05) is 18.3 Å². The monoisotopic (exact) mass is 365 g/mol. The van der Waals surface area contributed by atoms with Crippen LogP contribution < -0.4 is 5.32 Å². The summed E-state index contributed by atoms with van der Waals surface area (Å²) in [6, 6.07) is 13.9. The first-order valence-electron chi connectivity index (χ1n) is 8.40. The summed E-state index contributed by atoms with van der Waals surface area (Å²) in [6.45, 7) is 2.05. The predicted molar refractivity (Wildman–Crippen MR) is 103 cm³/mol. The largest absolute Gasteiger partial charge is 0.399 e. The number of nitrogens with zero attached hydrogens (tertiary/aromatic N) is 2. The van der Waals surface area contributed by atoms with Crippen molar-refractivity contribution < 1.29 is 9.63 Å². The predicted octanol–water partition coefficient (Wildman–Crippen LogP) is 4.07. The summed E-state index contributed by atoms with van der Waals surface area (Å²) in [6.07, 6.45) is 2.54. The number of rotatable bonds is 4. The number of carbonyl (C=O) groups is 1. The van der Waals surface area contributed by atoms with Crippen molar-refractivity contribution in [3.05, 3.63) is 76.4 Å². The number of nitrogens with one attached hydrogen (secondary N) is 1. The molecule has 26 heavy (non-hydrogen) atoms. The topological polar surface area (TPSA) is 55.6 Å². The molecule has 0 spiro atoms. The summed E-state index contributed by atoms with van der Waals surface area (Å²) >= 11 is 1.57. The van der Waals surface area contributed by atoms with Crippen molar-refractivity contribution in [2.75, 3.05) is 7.11 Å². The van der Waals surface area contributed by atoms with Gasteiger partial charge in [0.15, 0.2) is 0 Å². The van der Waals surface area contributed by atoms with Crippen LogP contribution in [0.3, 0.4) is 0 Å². The number of aryl methyl sites for hydroxylation is 1. The molecule has 1 N–H and O–H groups in total. The highest BCUT2D eigenvalue weighted by Crippen LogP contribution is 2.32. The Kier molecular flexibility index (Phi) is 4.34. The lowest BCUT2D eigenvalue weighted by molar-refractivity contribution is 0.0940. The molecule has 0 radical (unpaired) electrons. The third-order valence-corrected chi connectivity index (χ3v) is 5.45. The van der Waals surface area contributed by atoms with Crippen LogP contribution in [0.4, 0.5) is 0 Å². The molecule has 0 aliphatic carbocycles. The summed E-state index contributed by atoms with van der Waals surface area (Å²) in [5.74, 6) is -0.0596. The van der Waals surface area contributed by atoms with Crippen molar-refractivity contribution in [3.63, 3.8) is 0 Å². The Bertz CT molecular complexity index is 969. The standard InChI is InChI=1S/C20H19N3O2S/c1-13-5-7-14(8-6-13)16(22-25-2)12-17-18-4-3-10-23(18)20-15(9-11-26-20)19(24)21-17/h3-11,17H,12H2,1-2H3,(H,21,24)/b22-16+. The second-order valence-electron chi connectivity index (χ2n) is 6.26. The first kappa shape index (κ1) is 16.6. The highest BCUT2D eigenvalue weighted by Gasteiger charge is 2.28. The van der Waals surface area contributed by atoms with Crippen LogP contribution in [-0.2, 0) is 4.84 Å². The summed E-state index contributed by atoms with van der Waals surface area (Å²) < 4.78 is 2.09. The number of amides is 1. The molecule has 3 heterocycles. The minimum atomic E-state index is -0.188. The average molecular weight is 365 g/mol. The smallest absolute Gasteiger partial charge is 0.254 e. The molecule has 1 aliphatic rings. The Hall–Kier alpha value is -2.86. The minimum absolute atomic E-state index is 0.0596. The fourth-order valence-corrected chi connectivity index (χ4v) is 4.15. The maximum atomic E-state index is 12.7. The second kappa shape index (κ2) is 6.80. The summed E-state index contributed by atoms with van der Waals surface area (Å²) in [7, 11) is 1.54. The number of fused-ring (bicyclic) bond motifs is 3. The third kappa shape index (κ3) is 2.93. The number of hydrogen-bond acceptors (Lipinski definition) is 4. The van der Waals surface area contributed by atoms with Crippen molar-refractivity contribution in [2.45, 2.75) is 19.4 Å². The van der Waals surface area contributed by atoms with Crippen LogP contribution >= 0.6 is 11.3 Å². The lowest BCUT2D eigenvalue weighted by atomic mass is 10.00. The SMILES string of the molecule is CO/N=C(\CC1NC(=O)c2ccsc2-n2cccc21)c1ccc(C)cc1. The van der Waals surface area contributed by atoms with E-state index in [2.05, 4.69) is 15.0 Å². The van der Waals surface area contributed by atoms with Crippen LogP contribution in [0.1, 0.15) is 39.6 Å². The molecule has 1 amide bonds. The number of aromatic nitrogens is 1. The van der Waals surface area contributed by atoms with Crippen molar-refractivity contribution >= 4 is 23.0 Å². The Labute approximate surface area is 155 Å². The molecule has 6 heteroatoms. The van der Waals surface area contributed by atoms with Gasteiger partial charge in [0.05, 0.1) is 17.3 Å². The van der Waals surface area contributed by atoms with E-state index in [9.17, 15) is 4.79 Å². The van der Waals surface area contributed by atoms with Gasteiger partial charge in [0.1, 0.15) is 12.1 Å². The molecule has 0 saturated carbocycles. The number of hydrogen-bond donors (Lipinski definition) is 1. The van der Waals surface area contributed by atoms with E-state index in [1.807, 2.05) is 61.0 Å². The maximum absolute atomic E-state index is 12.7. The Morgan fingerprint density at radius 2 is 2.08 bits per heavy atom. The van der Waals surface area contributed by atoms with Crippen molar-refractivity contribution in [1.29, 1.82) is 0 Å². The molecular weight excluding hydrogens is 346 g/mol. The zero-order valence-electron chi connectivity index (χ0n) is 14.6. The van der Waals surface area contributed by atoms with E-state index in [1.165, 1.54) is 5.56 Å². The molecule has 5 nitrogen and oxygen atoms in total. The van der Waals surface area contributed by atoms with E-state index in [-0.39, 0.29) is 11.9 Å². The first-order valence-corrected chi connectivity index (χ1v) is 9.28. The lowest BCUT2D eigenvalue weighted by Crippen LogP contribution is -2.29. The summed E-state index contributed by atoms with van der Waals surface area (Å²) in [4.78, 5) is 17.8. The van der Waals surface area contributed by atoms with E-state index >= 15 is 0 Å². The van der Waals surface area contributed by atoms with Gasteiger partial charge in [-0.2, -0.15) is 0 Å². The number of oxime groups is 1. The Balaban J connectivity index is 1.71. The molecule has 1 atom stereocenters. The molecule has 3 aromatic rings. The van der Waals surface area contributed by atoms with Crippen LogP contribution in [0.2, 0.25) is 0 Å². The van der Waals surface area contributed by atoms with Crippen LogP contribution in [0.25, 0.3) is 5.00 Å². The zero-order valence-corrected chi connectivity index (χ0v) is 15.4. The highest BCUT2D eigenvalue weighted by molar-refractivity contribution is 7.13. The first-order chi connectivity index (χ1) is 12.7. The van der Waals surface area contributed by atoms with E-state index in [4.69, 9.17) is 4.84 Å². The minimum Gasteiger partial charge on any atom is -0.399 e. The van der Waals surface area contributed by atoms with Gasteiger partial charge in [-0.25, -0.2) is 0 Å². The Morgan fingerprint density at radius 1 is 1.27 bits per heavy atom. The van der Waals surface area contributed by atoms with Crippen molar-refractivity contribution in [3.8, 4) is 5.00 Å². The molecule has 1 aliphatic heterocycles. The molecule has 0 saturated heterocycles. The molecule has 4 rings (SSSR count). The fraction of sp³-hybridized carbons (Fsp3) is 0.200. The van der Waals surface area contributed by atoms with Crippen LogP contribution in [-0.4, -0.2) is 23.3 Å². The molecule has 0 fully saturated rings. The van der Waals surface area contributed by atoms with Gasteiger partial charge in [-0.05, 0) is 36.1 Å². The molecule has 1 aromatic carbocycles. The molecule has 2 aromatic heterocycles. The van der Waals surface area contributed by atoms with E-state index < -0.39 is 0 Å². The van der Waals surface area contributed by atoms with Gasteiger partial charge in [-0.15, -0.1) is 11.3 Å². The summed E-state index contributed by atoms with van der Waals surface area (Å²) in [5.41, 5.74) is 4.72. The van der Waals surface area contributed by atoms with E-state index in [1.54, 1.807) is 18.4 Å². The van der Waals surface area contributed by atoms with Gasteiger partial charge in [-0.3, -0.25) is 4.79 Å². The van der Waals surface area contributed by atoms with Crippen molar-refractivity contribution in [2.24, 2.45) is 5.16 Å². The Morgan fingerprint density at radius 3 is 2.85 bits per heavy atom.